The highest BCUT2D eigenvalue weighted by Gasteiger charge is 2.07. The molecule has 0 radical (unpaired) electrons. The molecule has 0 aliphatic heterocycles. The van der Waals surface area contributed by atoms with Crippen LogP contribution in [0.1, 0.15) is 11.3 Å². The van der Waals surface area contributed by atoms with Crippen molar-refractivity contribution in [2.45, 2.75) is 6.42 Å². The quantitative estimate of drug-likeness (QED) is 0.573. The van der Waals surface area contributed by atoms with Crippen LogP contribution in [0.25, 0.3) is 16.8 Å². The molecular formula is C19H16N2O3. The molecule has 5 heteroatoms. The lowest BCUT2D eigenvalue weighted by atomic mass is 10.0. The maximum Gasteiger partial charge on any atom is 0.262 e. The Hall–Kier alpha value is -3.34. The number of carbonyl (C=O) groups excluding carboxylic acids is 2. The van der Waals surface area contributed by atoms with E-state index in [1.807, 2.05) is 42.5 Å². The predicted octanol–water partition coefficient (Wildman–Crippen LogP) is 2.84. The smallest absolute Gasteiger partial charge is 0.262 e. The average Bonchev–Trinajstić information content (AvgIpc) is 3.12. The van der Waals surface area contributed by atoms with Gasteiger partial charge in [0.15, 0.2) is 0 Å². The van der Waals surface area contributed by atoms with E-state index in [-0.39, 0.29) is 12.3 Å². The molecule has 1 heterocycles. The van der Waals surface area contributed by atoms with Gasteiger partial charge < -0.3 is 4.42 Å². The van der Waals surface area contributed by atoms with E-state index in [2.05, 4.69) is 10.9 Å². The van der Waals surface area contributed by atoms with Gasteiger partial charge >= 0.3 is 0 Å². The molecule has 0 saturated carbocycles. The fourth-order valence-corrected chi connectivity index (χ4v) is 2.38. The lowest BCUT2D eigenvalue weighted by Gasteiger charge is -2.08. The van der Waals surface area contributed by atoms with Gasteiger partial charge in [0.1, 0.15) is 5.76 Å². The molecule has 120 valence electrons. The molecule has 0 unspecified atom stereocenters. The monoisotopic (exact) mass is 320 g/mol. The third kappa shape index (κ3) is 3.89. The summed E-state index contributed by atoms with van der Waals surface area (Å²) < 4.78 is 5.08. The van der Waals surface area contributed by atoms with Crippen LogP contribution in [0.4, 0.5) is 0 Å². The minimum absolute atomic E-state index is 0.184. The number of amides is 2. The second kappa shape index (κ2) is 7.28. The molecule has 0 aliphatic carbocycles. The molecular weight excluding hydrogens is 304 g/mol. The average molecular weight is 320 g/mol. The highest BCUT2D eigenvalue weighted by molar-refractivity contribution is 5.94. The minimum atomic E-state index is -0.433. The van der Waals surface area contributed by atoms with Gasteiger partial charge in [0.2, 0.25) is 5.91 Å². The van der Waals surface area contributed by atoms with Gasteiger partial charge in [-0.15, -0.1) is 0 Å². The van der Waals surface area contributed by atoms with Gasteiger partial charge in [0, 0.05) is 6.08 Å². The summed E-state index contributed by atoms with van der Waals surface area (Å²) in [6.07, 6.45) is 4.51. The van der Waals surface area contributed by atoms with E-state index in [0.29, 0.717) is 5.76 Å². The van der Waals surface area contributed by atoms with E-state index in [0.717, 1.165) is 16.3 Å². The molecule has 0 atom stereocenters. The van der Waals surface area contributed by atoms with Gasteiger partial charge in [-0.2, -0.15) is 0 Å². The molecule has 3 rings (SSSR count). The first-order valence-corrected chi connectivity index (χ1v) is 7.49. The maximum absolute atomic E-state index is 12.0. The Balaban J connectivity index is 1.56. The highest BCUT2D eigenvalue weighted by atomic mass is 16.3. The third-order valence-corrected chi connectivity index (χ3v) is 3.50. The van der Waals surface area contributed by atoms with Crippen molar-refractivity contribution < 1.29 is 14.0 Å². The Morgan fingerprint density at radius 1 is 0.958 bits per heavy atom. The fraction of sp³-hybridized carbons (Fsp3) is 0.0526. The van der Waals surface area contributed by atoms with E-state index >= 15 is 0 Å². The first kappa shape index (κ1) is 15.6. The zero-order valence-electron chi connectivity index (χ0n) is 12.9. The van der Waals surface area contributed by atoms with Gasteiger partial charge in [-0.1, -0.05) is 42.5 Å². The summed E-state index contributed by atoms with van der Waals surface area (Å²) in [6.45, 7) is 0. The van der Waals surface area contributed by atoms with Gasteiger partial charge in [-0.3, -0.25) is 20.4 Å². The van der Waals surface area contributed by atoms with Crippen LogP contribution >= 0.6 is 0 Å². The van der Waals surface area contributed by atoms with Crippen LogP contribution in [0, 0.1) is 0 Å². The number of hydrazine groups is 1. The number of fused-ring (bicyclic) bond motifs is 1. The molecule has 2 amide bonds. The number of nitrogens with one attached hydrogen (secondary N) is 2. The van der Waals surface area contributed by atoms with Crippen LogP contribution in [-0.4, -0.2) is 11.8 Å². The normalized spacial score (nSPS) is 10.8. The Labute approximate surface area is 138 Å². The summed E-state index contributed by atoms with van der Waals surface area (Å²) in [4.78, 5) is 23.7. The van der Waals surface area contributed by atoms with Crippen LogP contribution in [0.5, 0.6) is 0 Å². The number of furan rings is 1. The van der Waals surface area contributed by atoms with Crippen molar-refractivity contribution in [1.29, 1.82) is 0 Å². The van der Waals surface area contributed by atoms with Crippen LogP contribution < -0.4 is 10.9 Å². The molecule has 5 nitrogen and oxygen atoms in total. The van der Waals surface area contributed by atoms with Crippen LogP contribution in [-0.2, 0) is 16.0 Å². The number of carbonyl (C=O) groups is 2. The van der Waals surface area contributed by atoms with Crippen LogP contribution in [0.3, 0.4) is 0 Å². The Morgan fingerprint density at radius 3 is 2.62 bits per heavy atom. The van der Waals surface area contributed by atoms with Crippen molar-refractivity contribution in [3.05, 3.63) is 78.3 Å². The van der Waals surface area contributed by atoms with Crippen LogP contribution in [0.15, 0.2) is 71.4 Å². The highest BCUT2D eigenvalue weighted by Crippen LogP contribution is 2.18. The van der Waals surface area contributed by atoms with E-state index in [1.54, 1.807) is 12.1 Å². The predicted molar refractivity (Wildman–Crippen MR) is 91.7 cm³/mol. The van der Waals surface area contributed by atoms with E-state index in [9.17, 15) is 9.59 Å². The summed E-state index contributed by atoms with van der Waals surface area (Å²) in [6, 6.07) is 17.1. The standard InChI is InChI=1S/C19H16N2O3/c22-18(11-10-16-8-4-12-24-16)20-21-19(23)13-15-7-3-6-14-5-1-2-9-17(14)15/h1-12H,13H2,(H,20,22)(H,21,23). The summed E-state index contributed by atoms with van der Waals surface area (Å²) in [5.74, 6) is -0.156. The maximum atomic E-state index is 12.0. The zero-order valence-corrected chi connectivity index (χ0v) is 12.9. The molecule has 1 aromatic heterocycles. The molecule has 3 aromatic rings. The molecule has 2 N–H and O–H groups in total. The molecule has 2 aromatic carbocycles. The molecule has 0 saturated heterocycles. The summed E-state index contributed by atoms with van der Waals surface area (Å²) in [5, 5.41) is 2.10. The fourth-order valence-electron chi connectivity index (χ4n) is 2.38. The van der Waals surface area contributed by atoms with Crippen molar-refractivity contribution in [2.75, 3.05) is 0 Å². The molecule has 24 heavy (non-hydrogen) atoms. The summed E-state index contributed by atoms with van der Waals surface area (Å²) >= 11 is 0. The van der Waals surface area contributed by atoms with Gasteiger partial charge in [-0.05, 0) is 34.5 Å². The van der Waals surface area contributed by atoms with Crippen molar-refractivity contribution in [2.24, 2.45) is 0 Å². The van der Waals surface area contributed by atoms with E-state index in [1.165, 1.54) is 18.4 Å². The largest absolute Gasteiger partial charge is 0.465 e. The number of hydrogen-bond donors (Lipinski definition) is 2. The lowest BCUT2D eigenvalue weighted by Crippen LogP contribution is -2.41. The minimum Gasteiger partial charge on any atom is -0.465 e. The summed E-state index contributed by atoms with van der Waals surface area (Å²) in [5.41, 5.74) is 5.66. The van der Waals surface area contributed by atoms with Crippen molar-refractivity contribution in [1.82, 2.24) is 10.9 Å². The third-order valence-electron chi connectivity index (χ3n) is 3.50. The SMILES string of the molecule is O=C(C=Cc1ccco1)NNC(=O)Cc1cccc2ccccc12. The van der Waals surface area contributed by atoms with Gasteiger partial charge in [-0.25, -0.2) is 0 Å². The van der Waals surface area contributed by atoms with Gasteiger partial charge in [0.25, 0.3) is 5.91 Å². The van der Waals surface area contributed by atoms with Gasteiger partial charge in [0.05, 0.1) is 12.7 Å². The Kier molecular flexibility index (Phi) is 4.72. The van der Waals surface area contributed by atoms with Crippen LogP contribution in [0.2, 0.25) is 0 Å². The molecule has 0 spiro atoms. The van der Waals surface area contributed by atoms with Crippen molar-refractivity contribution in [3.8, 4) is 0 Å². The molecule has 0 bridgehead atoms. The van der Waals surface area contributed by atoms with E-state index < -0.39 is 5.91 Å². The zero-order chi connectivity index (χ0) is 16.8. The van der Waals surface area contributed by atoms with Crippen molar-refractivity contribution in [3.63, 3.8) is 0 Å². The Morgan fingerprint density at radius 2 is 1.79 bits per heavy atom. The number of hydrogen-bond acceptors (Lipinski definition) is 3. The molecule has 0 aliphatic rings. The second-order valence-electron chi connectivity index (χ2n) is 5.20. The Bertz CT molecular complexity index is 877. The van der Waals surface area contributed by atoms with Crippen molar-refractivity contribution >= 4 is 28.7 Å². The lowest BCUT2D eigenvalue weighted by molar-refractivity contribution is -0.126. The topological polar surface area (TPSA) is 71.3 Å². The van der Waals surface area contributed by atoms with E-state index in [4.69, 9.17) is 4.42 Å². The number of benzene rings is 2. The first-order chi connectivity index (χ1) is 11.7. The second-order valence-corrected chi connectivity index (χ2v) is 5.20. The first-order valence-electron chi connectivity index (χ1n) is 7.49. The number of rotatable bonds is 4. The summed E-state index contributed by atoms with van der Waals surface area (Å²) in [7, 11) is 0. The molecule has 0 fully saturated rings.